The topological polar surface area (TPSA) is 73.0 Å². The summed E-state index contributed by atoms with van der Waals surface area (Å²) in [5.41, 5.74) is 1.53. The van der Waals surface area contributed by atoms with E-state index in [0.717, 1.165) is 37.3 Å². The molecule has 0 bridgehead atoms. The zero-order valence-electron chi connectivity index (χ0n) is 16.7. The lowest BCUT2D eigenvalue weighted by atomic mass is 9.92. The van der Waals surface area contributed by atoms with Gasteiger partial charge in [0.05, 0.1) is 24.0 Å². The van der Waals surface area contributed by atoms with Gasteiger partial charge in [0.2, 0.25) is 0 Å². The van der Waals surface area contributed by atoms with Crippen molar-refractivity contribution in [1.82, 2.24) is 24.0 Å². The zero-order valence-corrected chi connectivity index (χ0v) is 16.7. The Hall–Kier alpha value is -2.28. The maximum atomic E-state index is 12.4. The molecule has 7 nitrogen and oxygen atoms in total. The monoisotopic (exact) mass is 371 g/mol. The fourth-order valence-corrected chi connectivity index (χ4v) is 3.39. The number of piperidine rings is 1. The SMILES string of the molecule is Cn1cnc(CN2CCC(Cn3cnc(C(C)(C)C)cc3=O)CC2)cc1=O. The lowest BCUT2D eigenvalue weighted by Crippen LogP contribution is -2.36. The standard InChI is InChI=1S/C20H29N5O2/c1-20(2,3)17-10-19(27)25(14-22-17)11-15-5-7-24(8-6-15)12-16-9-18(26)23(4)13-21-16/h9-10,13-15H,5-8,11-12H2,1-4H3. The summed E-state index contributed by atoms with van der Waals surface area (Å²) in [4.78, 5) is 35.2. The van der Waals surface area contributed by atoms with Crippen LogP contribution < -0.4 is 11.1 Å². The van der Waals surface area contributed by atoms with E-state index in [4.69, 9.17) is 0 Å². The highest BCUT2D eigenvalue weighted by Crippen LogP contribution is 2.21. The molecule has 3 heterocycles. The summed E-state index contributed by atoms with van der Waals surface area (Å²) in [6, 6.07) is 3.27. The quantitative estimate of drug-likeness (QED) is 0.815. The molecule has 0 aliphatic carbocycles. The first-order valence-corrected chi connectivity index (χ1v) is 9.53. The Morgan fingerprint density at radius 1 is 1.04 bits per heavy atom. The van der Waals surface area contributed by atoms with Gasteiger partial charge in [0.25, 0.3) is 11.1 Å². The Balaban J connectivity index is 1.56. The third kappa shape index (κ3) is 4.91. The molecule has 0 radical (unpaired) electrons. The van der Waals surface area contributed by atoms with E-state index in [0.29, 0.717) is 19.0 Å². The van der Waals surface area contributed by atoms with Crippen molar-refractivity contribution in [2.75, 3.05) is 13.1 Å². The van der Waals surface area contributed by atoms with Gasteiger partial charge in [0.1, 0.15) is 0 Å². The predicted octanol–water partition coefficient (Wildman–Crippen LogP) is 1.55. The van der Waals surface area contributed by atoms with Gasteiger partial charge in [-0.2, -0.15) is 0 Å². The van der Waals surface area contributed by atoms with Gasteiger partial charge in [0, 0.05) is 37.7 Å². The van der Waals surface area contributed by atoms with Gasteiger partial charge < -0.3 is 4.57 Å². The Kier molecular flexibility index (Phi) is 5.60. The number of hydrogen-bond donors (Lipinski definition) is 0. The van der Waals surface area contributed by atoms with Crippen molar-refractivity contribution < 1.29 is 0 Å². The molecule has 7 heteroatoms. The van der Waals surface area contributed by atoms with Crippen LogP contribution in [0.15, 0.2) is 34.4 Å². The first kappa shape index (κ1) is 19.5. The lowest BCUT2D eigenvalue weighted by molar-refractivity contribution is 0.164. The van der Waals surface area contributed by atoms with E-state index in [-0.39, 0.29) is 16.5 Å². The molecule has 1 aliphatic rings. The second kappa shape index (κ2) is 7.76. The normalized spacial score (nSPS) is 16.6. The smallest absolute Gasteiger partial charge is 0.253 e. The Morgan fingerprint density at radius 3 is 2.33 bits per heavy atom. The van der Waals surface area contributed by atoms with Crippen molar-refractivity contribution in [2.45, 2.75) is 52.1 Å². The van der Waals surface area contributed by atoms with E-state index in [9.17, 15) is 9.59 Å². The van der Waals surface area contributed by atoms with Crippen LogP contribution in [0.3, 0.4) is 0 Å². The molecule has 3 rings (SSSR count). The largest absolute Gasteiger partial charge is 0.302 e. The second-order valence-electron chi connectivity index (χ2n) is 8.56. The van der Waals surface area contributed by atoms with Crippen molar-refractivity contribution in [3.8, 4) is 0 Å². The van der Waals surface area contributed by atoms with Gasteiger partial charge in [-0.25, -0.2) is 9.97 Å². The van der Waals surface area contributed by atoms with Crippen molar-refractivity contribution in [2.24, 2.45) is 13.0 Å². The molecule has 0 saturated carbocycles. The predicted molar refractivity (Wildman–Crippen MR) is 105 cm³/mol. The average molecular weight is 371 g/mol. The summed E-state index contributed by atoms with van der Waals surface area (Å²) < 4.78 is 3.21. The minimum atomic E-state index is -0.115. The first-order valence-electron chi connectivity index (χ1n) is 9.53. The van der Waals surface area contributed by atoms with E-state index in [2.05, 4.69) is 35.6 Å². The molecule has 1 fully saturated rings. The van der Waals surface area contributed by atoms with Crippen molar-refractivity contribution in [3.05, 3.63) is 56.9 Å². The number of nitrogens with zero attached hydrogens (tertiary/aromatic N) is 5. The van der Waals surface area contributed by atoms with Crippen LogP contribution in [-0.2, 0) is 25.6 Å². The lowest BCUT2D eigenvalue weighted by Gasteiger charge is -2.32. The number of rotatable bonds is 4. The maximum Gasteiger partial charge on any atom is 0.253 e. The van der Waals surface area contributed by atoms with Crippen LogP contribution in [0.2, 0.25) is 0 Å². The third-order valence-corrected chi connectivity index (χ3v) is 5.23. The summed E-state index contributed by atoms with van der Waals surface area (Å²) in [5, 5.41) is 0. The number of aryl methyl sites for hydroxylation is 1. The molecule has 0 aromatic carbocycles. The minimum absolute atomic E-state index is 0.0273. The molecule has 1 aliphatic heterocycles. The Labute approximate surface area is 159 Å². The molecule has 2 aromatic rings. The van der Waals surface area contributed by atoms with Crippen molar-refractivity contribution in [3.63, 3.8) is 0 Å². The van der Waals surface area contributed by atoms with Crippen LogP contribution >= 0.6 is 0 Å². The maximum absolute atomic E-state index is 12.4. The van der Waals surface area contributed by atoms with E-state index in [1.807, 2.05) is 0 Å². The molecule has 146 valence electrons. The summed E-state index contributed by atoms with van der Waals surface area (Å²) in [6.45, 7) is 9.50. The highest BCUT2D eigenvalue weighted by molar-refractivity contribution is 5.10. The van der Waals surface area contributed by atoms with E-state index < -0.39 is 0 Å². The zero-order chi connectivity index (χ0) is 19.6. The van der Waals surface area contributed by atoms with Crippen LogP contribution in [0, 0.1) is 5.92 Å². The van der Waals surface area contributed by atoms with Gasteiger partial charge in [-0.1, -0.05) is 20.8 Å². The molecule has 1 saturated heterocycles. The highest BCUT2D eigenvalue weighted by atomic mass is 16.1. The molecule has 0 atom stereocenters. The van der Waals surface area contributed by atoms with Gasteiger partial charge in [-0.3, -0.25) is 19.1 Å². The Bertz CT molecular complexity index is 902. The van der Waals surface area contributed by atoms with Gasteiger partial charge >= 0.3 is 0 Å². The van der Waals surface area contributed by atoms with Gasteiger partial charge in [-0.15, -0.1) is 0 Å². The summed E-state index contributed by atoms with van der Waals surface area (Å²) in [5.74, 6) is 0.470. The van der Waals surface area contributed by atoms with E-state index in [1.165, 1.54) is 4.57 Å². The van der Waals surface area contributed by atoms with E-state index in [1.54, 1.807) is 36.4 Å². The molecule has 0 unspecified atom stereocenters. The van der Waals surface area contributed by atoms with Crippen LogP contribution in [0.5, 0.6) is 0 Å². The Morgan fingerprint density at radius 2 is 1.74 bits per heavy atom. The summed E-state index contributed by atoms with van der Waals surface area (Å²) >= 11 is 0. The number of aromatic nitrogens is 4. The van der Waals surface area contributed by atoms with Crippen LogP contribution in [0.25, 0.3) is 0 Å². The molecule has 0 N–H and O–H groups in total. The molecule has 27 heavy (non-hydrogen) atoms. The third-order valence-electron chi connectivity index (χ3n) is 5.23. The summed E-state index contributed by atoms with van der Waals surface area (Å²) in [7, 11) is 1.70. The molecule has 2 aromatic heterocycles. The average Bonchev–Trinajstić information content (AvgIpc) is 2.61. The number of likely N-dealkylation sites (tertiary alicyclic amines) is 1. The van der Waals surface area contributed by atoms with Crippen LogP contribution in [0.1, 0.15) is 45.0 Å². The van der Waals surface area contributed by atoms with Crippen LogP contribution in [0.4, 0.5) is 0 Å². The van der Waals surface area contributed by atoms with Crippen LogP contribution in [-0.4, -0.2) is 37.1 Å². The second-order valence-corrected chi connectivity index (χ2v) is 8.56. The number of hydrogen-bond acceptors (Lipinski definition) is 5. The van der Waals surface area contributed by atoms with Crippen molar-refractivity contribution in [1.29, 1.82) is 0 Å². The molecular weight excluding hydrogens is 342 g/mol. The summed E-state index contributed by atoms with van der Waals surface area (Å²) in [6.07, 6.45) is 5.32. The molecular formula is C20H29N5O2. The molecule has 0 amide bonds. The van der Waals surface area contributed by atoms with Gasteiger partial charge in [-0.05, 0) is 31.8 Å². The first-order chi connectivity index (χ1) is 12.7. The minimum Gasteiger partial charge on any atom is -0.302 e. The fourth-order valence-electron chi connectivity index (χ4n) is 3.39. The van der Waals surface area contributed by atoms with E-state index >= 15 is 0 Å². The van der Waals surface area contributed by atoms with Gasteiger partial charge in [0.15, 0.2) is 0 Å². The van der Waals surface area contributed by atoms with Crippen molar-refractivity contribution >= 4 is 0 Å². The molecule has 0 spiro atoms. The highest BCUT2D eigenvalue weighted by Gasteiger charge is 2.21. The fraction of sp³-hybridized carbons (Fsp3) is 0.600.